The van der Waals surface area contributed by atoms with Crippen LogP contribution in [0.5, 0.6) is 0 Å². The highest BCUT2D eigenvalue weighted by Gasteiger charge is 2.43. The summed E-state index contributed by atoms with van der Waals surface area (Å²) < 4.78 is 15.4. The molecule has 0 aliphatic carbocycles. The van der Waals surface area contributed by atoms with Crippen molar-refractivity contribution in [3.05, 3.63) is 83.0 Å². The number of carbonyl (C=O) groups excluding carboxylic acids is 2. The number of methoxy groups -OCH3 is 2. The van der Waals surface area contributed by atoms with Gasteiger partial charge in [-0.3, -0.25) is 4.90 Å². The molecular formula is C23H18N4O5. The Bertz CT molecular complexity index is 1320. The smallest absolute Gasteiger partial charge is 0.355 e. The molecule has 0 saturated carbocycles. The highest BCUT2D eigenvalue weighted by Crippen LogP contribution is 2.44. The summed E-state index contributed by atoms with van der Waals surface area (Å²) in [5.41, 5.74) is 7.51. The number of aromatic nitrogens is 1. The van der Waals surface area contributed by atoms with E-state index in [0.717, 1.165) is 0 Å². The Kier molecular flexibility index (Phi) is 5.35. The maximum Gasteiger partial charge on any atom is 0.355 e. The van der Waals surface area contributed by atoms with Gasteiger partial charge in [0, 0.05) is 5.39 Å². The molecule has 9 nitrogen and oxygen atoms in total. The first-order valence-corrected chi connectivity index (χ1v) is 9.52. The monoisotopic (exact) mass is 430 g/mol. The van der Waals surface area contributed by atoms with Gasteiger partial charge in [0.25, 0.3) is 0 Å². The number of esters is 2. The Hall–Kier alpha value is -4.58. The van der Waals surface area contributed by atoms with Crippen molar-refractivity contribution < 1.29 is 23.6 Å². The molecule has 0 saturated heterocycles. The lowest BCUT2D eigenvalue weighted by Crippen LogP contribution is -2.40. The average Bonchev–Trinajstić information content (AvgIpc) is 3.32. The molecule has 0 spiro atoms. The van der Waals surface area contributed by atoms with Crippen LogP contribution >= 0.6 is 0 Å². The van der Waals surface area contributed by atoms with Gasteiger partial charge in [0.1, 0.15) is 11.5 Å². The van der Waals surface area contributed by atoms with E-state index in [-0.39, 0.29) is 22.7 Å². The van der Waals surface area contributed by atoms with E-state index in [9.17, 15) is 14.9 Å². The van der Waals surface area contributed by atoms with Crippen molar-refractivity contribution in [3.8, 4) is 6.07 Å². The molecular weight excluding hydrogens is 412 g/mol. The van der Waals surface area contributed by atoms with Crippen LogP contribution in [-0.2, 0) is 19.1 Å². The molecule has 4 rings (SSSR count). The molecule has 1 atom stereocenters. The third-order valence-electron chi connectivity index (χ3n) is 5.21. The number of fused-ring (bicyclic) bond motifs is 1. The molecule has 9 heteroatoms. The molecule has 1 unspecified atom stereocenters. The summed E-state index contributed by atoms with van der Waals surface area (Å²) in [4.78, 5) is 27.3. The molecule has 1 aliphatic heterocycles. The van der Waals surface area contributed by atoms with Gasteiger partial charge in [-0.25, -0.2) is 9.59 Å². The molecule has 1 aromatic heterocycles. The lowest BCUT2D eigenvalue weighted by Gasteiger charge is -2.35. The van der Waals surface area contributed by atoms with E-state index in [1.54, 1.807) is 48.5 Å². The minimum absolute atomic E-state index is 0.0432. The maximum atomic E-state index is 13.0. The second kappa shape index (κ2) is 8.28. The van der Waals surface area contributed by atoms with Crippen LogP contribution in [0.3, 0.4) is 0 Å². The number of nitrogens with zero attached hydrogens (tertiary/aromatic N) is 3. The second-order valence-corrected chi connectivity index (χ2v) is 6.86. The van der Waals surface area contributed by atoms with Crippen LogP contribution < -0.4 is 10.6 Å². The van der Waals surface area contributed by atoms with E-state index in [1.165, 1.54) is 25.3 Å². The lowest BCUT2D eigenvalue weighted by molar-refractivity contribution is -0.139. The topological polar surface area (TPSA) is 132 Å². The van der Waals surface area contributed by atoms with E-state index in [2.05, 4.69) is 11.2 Å². The molecule has 0 bridgehead atoms. The summed E-state index contributed by atoms with van der Waals surface area (Å²) >= 11 is 0. The fourth-order valence-electron chi connectivity index (χ4n) is 3.82. The van der Waals surface area contributed by atoms with Gasteiger partial charge in [0.15, 0.2) is 5.58 Å². The zero-order valence-corrected chi connectivity index (χ0v) is 17.2. The molecule has 32 heavy (non-hydrogen) atoms. The number of hydrogen-bond acceptors (Lipinski definition) is 9. The van der Waals surface area contributed by atoms with Gasteiger partial charge >= 0.3 is 11.9 Å². The summed E-state index contributed by atoms with van der Waals surface area (Å²) in [5, 5.41) is 14.5. The maximum absolute atomic E-state index is 13.0. The van der Waals surface area contributed by atoms with Gasteiger partial charge < -0.3 is 19.7 Å². The Balaban J connectivity index is 2.11. The molecule has 2 N–H and O–H groups in total. The first-order chi connectivity index (χ1) is 15.5. The van der Waals surface area contributed by atoms with Crippen LogP contribution in [0.15, 0.2) is 81.9 Å². The number of para-hydroxylation sites is 1. The summed E-state index contributed by atoms with van der Waals surface area (Å²) in [6.07, 6.45) is 1.50. The minimum atomic E-state index is -0.937. The largest absolute Gasteiger partial charge is 0.466 e. The van der Waals surface area contributed by atoms with Gasteiger partial charge in [-0.05, 0) is 17.7 Å². The van der Waals surface area contributed by atoms with E-state index in [1.807, 2.05) is 0 Å². The third-order valence-corrected chi connectivity index (χ3v) is 5.21. The van der Waals surface area contributed by atoms with Crippen LogP contribution in [0.25, 0.3) is 11.0 Å². The molecule has 3 aromatic rings. The molecule has 0 amide bonds. The van der Waals surface area contributed by atoms with Crippen LogP contribution in [0.4, 0.5) is 5.69 Å². The normalized spacial score (nSPS) is 16.2. The van der Waals surface area contributed by atoms with E-state index in [0.29, 0.717) is 22.2 Å². The van der Waals surface area contributed by atoms with Gasteiger partial charge in [-0.2, -0.15) is 5.26 Å². The standard InChI is InChI=1S/C23H18N4O5/c1-30-22(28)18-17(13-7-4-3-5-8-13)15(11-24)21(25)27(19(18)23(29)31-2)16-10-6-9-14-12-26-32-20(14)16/h3-10,12,17H,25H2,1-2H3. The molecule has 2 heterocycles. The molecule has 0 fully saturated rings. The number of nitriles is 1. The fourth-order valence-corrected chi connectivity index (χ4v) is 3.82. The first kappa shape index (κ1) is 20.7. The van der Waals surface area contributed by atoms with Crippen LogP contribution in [0.1, 0.15) is 11.5 Å². The Morgan fingerprint density at radius 2 is 1.81 bits per heavy atom. The SMILES string of the molecule is COC(=O)C1=C(C(=O)OC)N(c2cccc3cnoc23)C(N)=C(C#N)C1c1ccccc1. The zero-order chi connectivity index (χ0) is 22.8. The summed E-state index contributed by atoms with van der Waals surface area (Å²) in [6, 6.07) is 16.0. The van der Waals surface area contributed by atoms with E-state index < -0.39 is 17.9 Å². The van der Waals surface area contributed by atoms with Crippen molar-refractivity contribution in [2.45, 2.75) is 5.92 Å². The number of allylic oxidation sites excluding steroid dienone is 1. The zero-order valence-electron chi connectivity index (χ0n) is 17.2. The third kappa shape index (κ3) is 3.15. The predicted octanol–water partition coefficient (Wildman–Crippen LogP) is 2.73. The Morgan fingerprint density at radius 3 is 2.47 bits per heavy atom. The van der Waals surface area contributed by atoms with Gasteiger partial charge in [-0.15, -0.1) is 0 Å². The molecule has 1 aliphatic rings. The quantitative estimate of drug-likeness (QED) is 0.620. The predicted molar refractivity (Wildman–Crippen MR) is 114 cm³/mol. The molecule has 0 radical (unpaired) electrons. The fraction of sp³-hybridized carbons (Fsp3) is 0.130. The van der Waals surface area contributed by atoms with Crippen molar-refractivity contribution >= 4 is 28.6 Å². The average molecular weight is 430 g/mol. The minimum Gasteiger partial charge on any atom is -0.466 e. The highest BCUT2D eigenvalue weighted by molar-refractivity contribution is 6.08. The van der Waals surface area contributed by atoms with Crippen molar-refractivity contribution in [1.82, 2.24) is 5.16 Å². The van der Waals surface area contributed by atoms with Gasteiger partial charge in [-0.1, -0.05) is 41.6 Å². The number of ether oxygens (including phenoxy) is 2. The van der Waals surface area contributed by atoms with Crippen LogP contribution in [-0.4, -0.2) is 31.3 Å². The second-order valence-electron chi connectivity index (χ2n) is 6.86. The first-order valence-electron chi connectivity index (χ1n) is 9.52. The van der Waals surface area contributed by atoms with Gasteiger partial charge in [0.2, 0.25) is 0 Å². The van der Waals surface area contributed by atoms with Crippen LogP contribution in [0, 0.1) is 11.3 Å². The number of nitrogens with two attached hydrogens (primary N) is 1. The number of rotatable bonds is 4. The summed E-state index contributed by atoms with van der Waals surface area (Å²) in [7, 11) is 2.39. The Labute approximate surface area is 182 Å². The number of anilines is 1. The number of carbonyl (C=O) groups is 2. The lowest BCUT2D eigenvalue weighted by atomic mass is 9.81. The Morgan fingerprint density at radius 1 is 1.09 bits per heavy atom. The van der Waals surface area contributed by atoms with Crippen LogP contribution in [0.2, 0.25) is 0 Å². The molecule has 160 valence electrons. The molecule has 2 aromatic carbocycles. The number of hydrogen-bond donors (Lipinski definition) is 1. The van der Waals surface area contributed by atoms with Crippen molar-refractivity contribution in [2.24, 2.45) is 5.73 Å². The van der Waals surface area contributed by atoms with E-state index in [4.69, 9.17) is 19.7 Å². The van der Waals surface area contributed by atoms with Gasteiger partial charge in [0.05, 0.1) is 49.2 Å². The van der Waals surface area contributed by atoms with Crippen molar-refractivity contribution in [1.29, 1.82) is 5.26 Å². The van der Waals surface area contributed by atoms with Crippen molar-refractivity contribution in [3.63, 3.8) is 0 Å². The van der Waals surface area contributed by atoms with E-state index >= 15 is 0 Å². The van der Waals surface area contributed by atoms with Crippen molar-refractivity contribution in [2.75, 3.05) is 19.1 Å². The highest BCUT2D eigenvalue weighted by atomic mass is 16.5. The summed E-state index contributed by atoms with van der Waals surface area (Å²) in [5.74, 6) is -2.61. The summed E-state index contributed by atoms with van der Waals surface area (Å²) in [6.45, 7) is 0. The number of benzene rings is 2.